The molecule has 0 aromatic heterocycles. The minimum atomic E-state index is -3.60. The van der Waals surface area contributed by atoms with Crippen molar-refractivity contribution >= 4 is 27.4 Å². The summed E-state index contributed by atoms with van der Waals surface area (Å²) in [5.41, 5.74) is 2.69. The summed E-state index contributed by atoms with van der Waals surface area (Å²) in [5.74, 6) is -0.128. The van der Waals surface area contributed by atoms with E-state index >= 15 is 0 Å². The van der Waals surface area contributed by atoms with E-state index in [4.69, 9.17) is 12.2 Å². The van der Waals surface area contributed by atoms with Crippen LogP contribution in [0, 0.1) is 0 Å². The largest absolute Gasteiger partial charge is 0.351 e. The fraction of sp³-hybridized carbons (Fsp3) is 0.0952. The van der Waals surface area contributed by atoms with E-state index in [1.54, 1.807) is 12.1 Å². The molecule has 3 rings (SSSR count). The minimum absolute atomic E-state index is 0.0728. The molecule has 0 atom stereocenters. The molecule has 0 fully saturated rings. The highest BCUT2D eigenvalue weighted by Crippen LogP contribution is 2.21. The molecule has 3 aromatic rings. The molecule has 27 heavy (non-hydrogen) atoms. The summed E-state index contributed by atoms with van der Waals surface area (Å²) in [6.45, 7) is 0. The van der Waals surface area contributed by atoms with Crippen LogP contribution in [0.3, 0.4) is 0 Å². The number of benzene rings is 3. The molecule has 0 aliphatic carbocycles. The van der Waals surface area contributed by atoms with Gasteiger partial charge in [0.2, 0.25) is 10.0 Å². The lowest BCUT2D eigenvalue weighted by atomic mass is 9.99. The lowest BCUT2D eigenvalue weighted by Crippen LogP contribution is -2.41. The average Bonchev–Trinajstić information content (AvgIpc) is 2.67. The summed E-state index contributed by atoms with van der Waals surface area (Å²) in [7, 11) is -3.60. The van der Waals surface area contributed by atoms with Crippen molar-refractivity contribution in [2.45, 2.75) is 11.8 Å². The van der Waals surface area contributed by atoms with E-state index in [2.05, 4.69) is 10.0 Å². The summed E-state index contributed by atoms with van der Waals surface area (Å²) in [4.78, 5) is 0. The van der Waals surface area contributed by atoms with Crippen molar-refractivity contribution in [2.24, 2.45) is 0 Å². The van der Waals surface area contributed by atoms with Crippen molar-refractivity contribution in [2.75, 3.05) is 0 Å². The Labute approximate surface area is 165 Å². The molecule has 0 saturated carbocycles. The van der Waals surface area contributed by atoms with Gasteiger partial charge >= 0.3 is 0 Å². The molecular formula is C21H20N2O2S2. The van der Waals surface area contributed by atoms with Crippen LogP contribution in [0.2, 0.25) is 0 Å². The van der Waals surface area contributed by atoms with Gasteiger partial charge in [-0.1, -0.05) is 91.0 Å². The Hall–Kier alpha value is -2.70. The van der Waals surface area contributed by atoms with Crippen LogP contribution in [-0.4, -0.2) is 13.5 Å². The molecular weight excluding hydrogens is 376 g/mol. The Kier molecular flexibility index (Phi) is 6.21. The number of rotatable bonds is 6. The first-order valence-electron chi connectivity index (χ1n) is 8.48. The van der Waals surface area contributed by atoms with E-state index in [9.17, 15) is 8.42 Å². The van der Waals surface area contributed by atoms with E-state index in [0.717, 1.165) is 11.1 Å². The Morgan fingerprint density at radius 2 is 1.22 bits per heavy atom. The third-order valence-corrected chi connectivity index (χ3v) is 5.57. The molecule has 4 nitrogen and oxygen atoms in total. The number of thiocarbonyl (C=S) groups is 1. The standard InChI is InChI=1S/C21H20N2O2S2/c24-27(25,16-17-10-4-1-5-11-17)23-21(26)22-20(18-12-6-2-7-13-18)19-14-8-3-9-15-19/h1-15,20H,16H2,(H2,22,23,26). The van der Waals surface area contributed by atoms with Crippen molar-refractivity contribution in [3.8, 4) is 0 Å². The third-order valence-electron chi connectivity index (χ3n) is 3.99. The molecule has 3 aromatic carbocycles. The molecule has 0 aliphatic heterocycles. The van der Waals surface area contributed by atoms with Gasteiger partial charge in [0.25, 0.3) is 0 Å². The molecule has 0 saturated heterocycles. The first kappa shape index (κ1) is 19.1. The number of nitrogens with one attached hydrogen (secondary N) is 2. The van der Waals surface area contributed by atoms with Crippen LogP contribution >= 0.6 is 12.2 Å². The van der Waals surface area contributed by atoms with Gasteiger partial charge in [-0.25, -0.2) is 8.42 Å². The van der Waals surface area contributed by atoms with Gasteiger partial charge in [-0.05, 0) is 28.9 Å². The summed E-state index contributed by atoms with van der Waals surface area (Å²) in [6.07, 6.45) is 0. The molecule has 0 bridgehead atoms. The first-order valence-corrected chi connectivity index (χ1v) is 10.5. The Morgan fingerprint density at radius 1 is 0.778 bits per heavy atom. The maximum atomic E-state index is 12.4. The summed E-state index contributed by atoms with van der Waals surface area (Å²) >= 11 is 5.29. The molecule has 0 unspecified atom stereocenters. The fourth-order valence-electron chi connectivity index (χ4n) is 2.78. The fourth-order valence-corrected chi connectivity index (χ4v) is 4.33. The highest BCUT2D eigenvalue weighted by atomic mass is 32.2. The molecule has 0 heterocycles. The summed E-state index contributed by atoms with van der Waals surface area (Å²) < 4.78 is 27.3. The van der Waals surface area contributed by atoms with Crippen molar-refractivity contribution < 1.29 is 8.42 Å². The molecule has 0 radical (unpaired) electrons. The third kappa shape index (κ3) is 5.64. The zero-order chi connectivity index (χ0) is 19.1. The predicted octanol–water partition coefficient (Wildman–Crippen LogP) is 3.77. The average molecular weight is 397 g/mol. The van der Waals surface area contributed by atoms with Crippen LogP contribution in [0.25, 0.3) is 0 Å². The van der Waals surface area contributed by atoms with Crippen LogP contribution in [-0.2, 0) is 15.8 Å². The zero-order valence-corrected chi connectivity index (χ0v) is 16.2. The smallest absolute Gasteiger partial charge is 0.238 e. The Balaban J connectivity index is 1.75. The van der Waals surface area contributed by atoms with Gasteiger partial charge in [-0.2, -0.15) is 0 Å². The van der Waals surface area contributed by atoms with Crippen LogP contribution in [0.1, 0.15) is 22.7 Å². The Bertz CT molecular complexity index is 937. The van der Waals surface area contributed by atoms with Gasteiger partial charge in [0, 0.05) is 0 Å². The maximum absolute atomic E-state index is 12.4. The SMILES string of the molecule is O=S(=O)(Cc1ccccc1)NC(=S)NC(c1ccccc1)c1ccccc1. The van der Waals surface area contributed by atoms with E-state index in [-0.39, 0.29) is 16.9 Å². The van der Waals surface area contributed by atoms with E-state index in [1.165, 1.54) is 0 Å². The molecule has 0 aliphatic rings. The Morgan fingerprint density at radius 3 is 1.70 bits per heavy atom. The van der Waals surface area contributed by atoms with Gasteiger partial charge in [0.1, 0.15) is 0 Å². The lowest BCUT2D eigenvalue weighted by molar-refractivity contribution is 0.590. The predicted molar refractivity (Wildman–Crippen MR) is 113 cm³/mol. The number of hydrogen-bond acceptors (Lipinski definition) is 3. The quantitative estimate of drug-likeness (QED) is 0.623. The van der Waals surface area contributed by atoms with Crippen LogP contribution in [0.4, 0.5) is 0 Å². The first-order chi connectivity index (χ1) is 13.0. The minimum Gasteiger partial charge on any atom is -0.351 e. The second-order valence-electron chi connectivity index (χ2n) is 6.07. The lowest BCUT2D eigenvalue weighted by Gasteiger charge is -2.22. The normalized spacial score (nSPS) is 11.1. The second-order valence-corrected chi connectivity index (χ2v) is 8.21. The van der Waals surface area contributed by atoms with E-state index in [1.807, 2.05) is 78.9 Å². The van der Waals surface area contributed by atoms with Crippen LogP contribution < -0.4 is 10.0 Å². The van der Waals surface area contributed by atoms with Crippen molar-refractivity contribution in [3.05, 3.63) is 108 Å². The van der Waals surface area contributed by atoms with Gasteiger partial charge in [-0.3, -0.25) is 4.72 Å². The number of sulfonamides is 1. The van der Waals surface area contributed by atoms with Gasteiger partial charge in [0.05, 0.1) is 11.8 Å². The number of hydrogen-bond donors (Lipinski definition) is 2. The zero-order valence-electron chi connectivity index (χ0n) is 14.6. The van der Waals surface area contributed by atoms with Gasteiger partial charge in [0.15, 0.2) is 5.11 Å². The molecule has 0 amide bonds. The van der Waals surface area contributed by atoms with Gasteiger partial charge < -0.3 is 5.32 Å². The molecule has 2 N–H and O–H groups in total. The van der Waals surface area contributed by atoms with E-state index < -0.39 is 10.0 Å². The van der Waals surface area contributed by atoms with E-state index in [0.29, 0.717) is 5.56 Å². The highest BCUT2D eigenvalue weighted by molar-refractivity contribution is 7.91. The highest BCUT2D eigenvalue weighted by Gasteiger charge is 2.18. The monoisotopic (exact) mass is 396 g/mol. The van der Waals surface area contributed by atoms with Crippen LogP contribution in [0.15, 0.2) is 91.0 Å². The van der Waals surface area contributed by atoms with Crippen molar-refractivity contribution in [1.82, 2.24) is 10.0 Å². The van der Waals surface area contributed by atoms with Crippen LogP contribution in [0.5, 0.6) is 0 Å². The molecule has 6 heteroatoms. The maximum Gasteiger partial charge on any atom is 0.238 e. The molecule has 138 valence electrons. The van der Waals surface area contributed by atoms with Gasteiger partial charge in [-0.15, -0.1) is 0 Å². The summed E-state index contributed by atoms with van der Waals surface area (Å²) in [6, 6.07) is 28.3. The molecule has 0 spiro atoms. The topological polar surface area (TPSA) is 58.2 Å². The van der Waals surface area contributed by atoms with Crippen molar-refractivity contribution in [1.29, 1.82) is 0 Å². The van der Waals surface area contributed by atoms with Crippen molar-refractivity contribution in [3.63, 3.8) is 0 Å². The second kappa shape index (κ2) is 8.79. The summed E-state index contributed by atoms with van der Waals surface area (Å²) in [5, 5.41) is 3.21.